The van der Waals surface area contributed by atoms with Gasteiger partial charge in [-0.15, -0.1) is 0 Å². The van der Waals surface area contributed by atoms with Gasteiger partial charge in [0.25, 0.3) is 5.91 Å². The summed E-state index contributed by atoms with van der Waals surface area (Å²) in [6, 6.07) is 5.44. The molecule has 28 heavy (non-hydrogen) atoms. The van der Waals surface area contributed by atoms with E-state index in [-0.39, 0.29) is 18.1 Å². The van der Waals surface area contributed by atoms with Crippen LogP contribution in [0.15, 0.2) is 18.2 Å². The third-order valence-corrected chi connectivity index (χ3v) is 5.58. The monoisotopic (exact) mass is 384 g/mol. The summed E-state index contributed by atoms with van der Waals surface area (Å²) >= 11 is 0. The Kier molecular flexibility index (Phi) is 5.50. The van der Waals surface area contributed by atoms with Gasteiger partial charge in [0.2, 0.25) is 0 Å². The summed E-state index contributed by atoms with van der Waals surface area (Å²) in [4.78, 5) is 17.4. The van der Waals surface area contributed by atoms with Crippen LogP contribution < -0.4 is 14.8 Å². The Hall–Kier alpha value is -2.57. The topological polar surface area (TPSA) is 78.3 Å². The van der Waals surface area contributed by atoms with Crippen LogP contribution in [0.5, 0.6) is 11.5 Å². The fourth-order valence-electron chi connectivity index (χ4n) is 3.99. The van der Waals surface area contributed by atoms with Gasteiger partial charge in [-0.05, 0) is 50.3 Å². The molecule has 0 unspecified atom stereocenters. The number of hydrogen-bond acceptors (Lipinski definition) is 5. The zero-order chi connectivity index (χ0) is 19.5. The van der Waals surface area contributed by atoms with Crippen molar-refractivity contribution in [2.75, 3.05) is 7.11 Å². The Morgan fingerprint density at radius 1 is 1.25 bits per heavy atom. The fraction of sp³-hybridized carbons (Fsp3) is 0.571. The Labute approximate surface area is 165 Å². The number of carbonyl (C=O) groups excluding carboxylic acids is 1. The maximum atomic E-state index is 12.8. The standard InChI is InChI=1S/C21H28N4O3/c1-3-19-23-20-11-9-15(13-25(20)24-19)22-21(26)14-8-10-17(27-2)18(12-14)28-16-6-4-5-7-16/h8,10,12,15-16H,3-7,9,11,13H2,1-2H3,(H,22,26)/t15-/m0/s1. The summed E-state index contributed by atoms with van der Waals surface area (Å²) in [5, 5.41) is 7.65. The number of aromatic nitrogens is 3. The normalized spacial score (nSPS) is 19.3. The van der Waals surface area contributed by atoms with Crippen molar-refractivity contribution in [2.45, 2.75) is 70.6 Å². The van der Waals surface area contributed by atoms with Crippen LogP contribution in [0.1, 0.15) is 61.0 Å². The third-order valence-electron chi connectivity index (χ3n) is 5.58. The largest absolute Gasteiger partial charge is 0.493 e. The maximum absolute atomic E-state index is 12.8. The van der Waals surface area contributed by atoms with Crippen LogP contribution >= 0.6 is 0 Å². The van der Waals surface area contributed by atoms with E-state index >= 15 is 0 Å². The molecular weight excluding hydrogens is 356 g/mol. The summed E-state index contributed by atoms with van der Waals surface area (Å²) < 4.78 is 13.5. The summed E-state index contributed by atoms with van der Waals surface area (Å²) in [6.45, 7) is 2.71. The summed E-state index contributed by atoms with van der Waals surface area (Å²) in [5.41, 5.74) is 0.590. The molecule has 4 rings (SSSR count). The second-order valence-electron chi connectivity index (χ2n) is 7.58. The van der Waals surface area contributed by atoms with Crippen LogP contribution in [0.3, 0.4) is 0 Å². The highest BCUT2D eigenvalue weighted by molar-refractivity contribution is 5.95. The molecule has 0 saturated heterocycles. The second kappa shape index (κ2) is 8.20. The summed E-state index contributed by atoms with van der Waals surface area (Å²) in [6.07, 6.45) is 7.24. The van der Waals surface area contributed by atoms with E-state index in [1.54, 1.807) is 19.2 Å². The Morgan fingerprint density at radius 2 is 2.07 bits per heavy atom. The Morgan fingerprint density at radius 3 is 2.82 bits per heavy atom. The van der Waals surface area contributed by atoms with Gasteiger partial charge in [0.1, 0.15) is 5.82 Å². The van der Waals surface area contributed by atoms with Gasteiger partial charge >= 0.3 is 0 Å². The van der Waals surface area contributed by atoms with E-state index in [2.05, 4.69) is 22.3 Å². The minimum atomic E-state index is -0.0943. The molecule has 1 atom stereocenters. The number of carbonyl (C=O) groups is 1. The second-order valence-corrected chi connectivity index (χ2v) is 7.58. The molecule has 1 aliphatic heterocycles. The first-order valence-corrected chi connectivity index (χ1v) is 10.2. The molecule has 1 aliphatic carbocycles. The average molecular weight is 384 g/mol. The SMILES string of the molecule is CCc1nc2n(n1)C[C@@H](NC(=O)c1ccc(OC)c(OC3CCCC3)c1)CC2. The molecule has 1 saturated carbocycles. The smallest absolute Gasteiger partial charge is 0.251 e. The number of aryl methyl sites for hydroxylation is 2. The van der Waals surface area contributed by atoms with Crippen LogP contribution in [-0.2, 0) is 19.4 Å². The first-order chi connectivity index (χ1) is 13.7. The molecule has 150 valence electrons. The van der Waals surface area contributed by atoms with Gasteiger partial charge in [-0.2, -0.15) is 5.10 Å². The molecule has 1 aromatic carbocycles. The van der Waals surface area contributed by atoms with E-state index in [0.29, 0.717) is 23.6 Å². The van der Waals surface area contributed by atoms with Gasteiger partial charge in [-0.1, -0.05) is 6.92 Å². The van der Waals surface area contributed by atoms with Crippen molar-refractivity contribution in [1.29, 1.82) is 0 Å². The third kappa shape index (κ3) is 3.98. The lowest BCUT2D eigenvalue weighted by Crippen LogP contribution is -2.41. The van der Waals surface area contributed by atoms with E-state index in [4.69, 9.17) is 9.47 Å². The maximum Gasteiger partial charge on any atom is 0.251 e. The molecule has 0 radical (unpaired) electrons. The van der Waals surface area contributed by atoms with E-state index in [1.807, 2.05) is 10.7 Å². The molecule has 1 N–H and O–H groups in total. The van der Waals surface area contributed by atoms with Crippen molar-refractivity contribution in [1.82, 2.24) is 20.1 Å². The van der Waals surface area contributed by atoms with E-state index < -0.39 is 0 Å². The number of methoxy groups -OCH3 is 1. The van der Waals surface area contributed by atoms with Crippen molar-refractivity contribution < 1.29 is 14.3 Å². The van der Waals surface area contributed by atoms with Gasteiger partial charge in [0.05, 0.1) is 19.8 Å². The first-order valence-electron chi connectivity index (χ1n) is 10.2. The molecule has 1 fully saturated rings. The van der Waals surface area contributed by atoms with E-state index in [1.165, 1.54) is 12.8 Å². The molecular formula is C21H28N4O3. The fourth-order valence-corrected chi connectivity index (χ4v) is 3.99. The molecule has 2 aliphatic rings. The summed E-state index contributed by atoms with van der Waals surface area (Å²) in [7, 11) is 1.62. The summed E-state index contributed by atoms with van der Waals surface area (Å²) in [5.74, 6) is 3.10. The van der Waals surface area contributed by atoms with E-state index in [9.17, 15) is 4.79 Å². The highest BCUT2D eigenvalue weighted by atomic mass is 16.5. The van der Waals surface area contributed by atoms with Crippen molar-refractivity contribution in [3.8, 4) is 11.5 Å². The molecule has 0 spiro atoms. The van der Waals surface area contributed by atoms with Crippen LogP contribution in [0, 0.1) is 0 Å². The zero-order valence-electron chi connectivity index (χ0n) is 16.6. The Balaban J connectivity index is 1.44. The van der Waals surface area contributed by atoms with Crippen molar-refractivity contribution in [2.24, 2.45) is 0 Å². The van der Waals surface area contributed by atoms with Gasteiger partial charge in [-0.3, -0.25) is 4.79 Å². The van der Waals surface area contributed by atoms with Crippen molar-refractivity contribution in [3.05, 3.63) is 35.4 Å². The number of nitrogens with one attached hydrogen (secondary N) is 1. The van der Waals surface area contributed by atoms with E-state index in [0.717, 1.165) is 43.8 Å². The number of amides is 1. The zero-order valence-corrected chi connectivity index (χ0v) is 16.6. The lowest BCUT2D eigenvalue weighted by molar-refractivity contribution is 0.0925. The highest BCUT2D eigenvalue weighted by Gasteiger charge is 2.24. The van der Waals surface area contributed by atoms with Gasteiger partial charge in [0, 0.05) is 24.4 Å². The Bertz CT molecular complexity index is 842. The molecule has 7 heteroatoms. The molecule has 1 amide bonds. The predicted octanol–water partition coefficient (Wildman–Crippen LogP) is 2.92. The van der Waals surface area contributed by atoms with Crippen LogP contribution in [0.4, 0.5) is 0 Å². The molecule has 2 aromatic rings. The lowest BCUT2D eigenvalue weighted by Gasteiger charge is -2.24. The quantitative estimate of drug-likeness (QED) is 0.828. The number of ether oxygens (including phenoxy) is 2. The van der Waals surface area contributed by atoms with Gasteiger partial charge < -0.3 is 14.8 Å². The minimum absolute atomic E-state index is 0.0488. The molecule has 7 nitrogen and oxygen atoms in total. The molecule has 1 aromatic heterocycles. The highest BCUT2D eigenvalue weighted by Crippen LogP contribution is 2.32. The number of benzene rings is 1. The number of nitrogens with zero attached hydrogens (tertiary/aromatic N) is 3. The molecule has 2 heterocycles. The number of fused-ring (bicyclic) bond motifs is 1. The van der Waals surface area contributed by atoms with Crippen LogP contribution in [0.2, 0.25) is 0 Å². The lowest BCUT2D eigenvalue weighted by atomic mass is 10.1. The first kappa shape index (κ1) is 18.8. The van der Waals surface area contributed by atoms with Crippen LogP contribution in [0.25, 0.3) is 0 Å². The van der Waals surface area contributed by atoms with Crippen molar-refractivity contribution in [3.63, 3.8) is 0 Å². The van der Waals surface area contributed by atoms with Gasteiger partial charge in [0.15, 0.2) is 17.3 Å². The van der Waals surface area contributed by atoms with Crippen LogP contribution in [-0.4, -0.2) is 39.9 Å². The number of hydrogen-bond donors (Lipinski definition) is 1. The van der Waals surface area contributed by atoms with Gasteiger partial charge in [-0.25, -0.2) is 9.67 Å². The minimum Gasteiger partial charge on any atom is -0.493 e. The number of rotatable bonds is 6. The predicted molar refractivity (Wildman–Crippen MR) is 105 cm³/mol. The average Bonchev–Trinajstić information content (AvgIpc) is 3.36. The molecule has 0 bridgehead atoms. The van der Waals surface area contributed by atoms with Crippen molar-refractivity contribution >= 4 is 5.91 Å².